The summed E-state index contributed by atoms with van der Waals surface area (Å²) in [6.07, 6.45) is 0. The highest BCUT2D eigenvalue weighted by atomic mass is 32.2. The number of carbonyl (C=O) groups excluding carboxylic acids is 1. The summed E-state index contributed by atoms with van der Waals surface area (Å²) >= 11 is 1.09. The molecule has 0 aliphatic carbocycles. The van der Waals surface area contributed by atoms with E-state index in [0.717, 1.165) is 11.8 Å². The van der Waals surface area contributed by atoms with Crippen molar-refractivity contribution in [3.8, 4) is 0 Å². The first-order valence-corrected chi connectivity index (χ1v) is 8.92. The Kier molecular flexibility index (Phi) is 6.86. The molecule has 1 aliphatic heterocycles. The molecular weight excluding hydrogens is 319 g/mol. The molecule has 0 unspecified atom stereocenters. The van der Waals surface area contributed by atoms with Crippen LogP contribution in [-0.2, 0) is 32.4 Å². The Bertz CT molecular complexity index is 394. The van der Waals surface area contributed by atoms with Gasteiger partial charge in [0.1, 0.15) is 0 Å². The zero-order chi connectivity index (χ0) is 16.1. The molecule has 0 amide bonds. The normalized spacial score (nSPS) is 21.2. The minimum atomic E-state index is -3.48. The van der Waals surface area contributed by atoms with Crippen LogP contribution in [0.5, 0.6) is 0 Å². The van der Waals surface area contributed by atoms with Crippen LogP contribution in [0.1, 0.15) is 20.8 Å². The summed E-state index contributed by atoms with van der Waals surface area (Å²) in [6, 6.07) is 0. The molecule has 7 nitrogen and oxygen atoms in total. The third kappa shape index (κ3) is 5.63. The van der Waals surface area contributed by atoms with Crippen LogP contribution < -0.4 is 0 Å². The highest BCUT2D eigenvalue weighted by molar-refractivity contribution is 8.13. The summed E-state index contributed by atoms with van der Waals surface area (Å²) in [4.78, 5) is 12.2. The van der Waals surface area contributed by atoms with E-state index in [1.54, 1.807) is 6.92 Å². The molecule has 124 valence electrons. The fourth-order valence-electron chi connectivity index (χ4n) is 1.50. The van der Waals surface area contributed by atoms with Gasteiger partial charge in [-0.05, 0) is 20.8 Å². The van der Waals surface area contributed by atoms with Crippen molar-refractivity contribution < 1.29 is 32.4 Å². The fourth-order valence-corrected chi connectivity index (χ4v) is 3.12. The minimum Gasteiger partial charge on any atom is -0.349 e. The second-order valence-electron chi connectivity index (χ2n) is 5.32. The van der Waals surface area contributed by atoms with Gasteiger partial charge in [0.05, 0.1) is 25.2 Å². The Morgan fingerprint density at radius 2 is 1.71 bits per heavy atom. The van der Waals surface area contributed by atoms with Crippen molar-refractivity contribution in [2.45, 2.75) is 26.6 Å². The lowest BCUT2D eigenvalue weighted by atomic mass is 9.93. The summed E-state index contributed by atoms with van der Waals surface area (Å²) in [5, 5.41) is -0.0498. The Hall–Kier alpha value is 0.0500. The lowest BCUT2D eigenvalue weighted by molar-refractivity contribution is -0.275. The van der Waals surface area contributed by atoms with Gasteiger partial charge in [-0.2, -0.15) is 0 Å². The van der Waals surface area contributed by atoms with Gasteiger partial charge in [0.25, 0.3) is 0 Å². The average Bonchev–Trinajstić information content (AvgIpc) is 2.46. The van der Waals surface area contributed by atoms with E-state index in [-0.39, 0.29) is 11.7 Å². The number of thioether (sulfide) groups is 1. The molecule has 1 saturated heterocycles. The summed E-state index contributed by atoms with van der Waals surface area (Å²) in [7, 11) is -1.01. The molecule has 0 saturated carbocycles. The zero-order valence-corrected chi connectivity index (χ0v) is 14.8. The number of carbonyl (C=O) groups is 1. The van der Waals surface area contributed by atoms with E-state index in [2.05, 4.69) is 9.05 Å². The van der Waals surface area contributed by atoms with Gasteiger partial charge in [-0.15, -0.1) is 0 Å². The maximum Gasteiger partial charge on any atom is 0.474 e. The van der Waals surface area contributed by atoms with E-state index in [0.29, 0.717) is 19.0 Å². The molecule has 1 heterocycles. The third-order valence-corrected chi connectivity index (χ3v) is 5.50. The van der Waals surface area contributed by atoms with Crippen LogP contribution in [-0.4, -0.2) is 50.7 Å². The predicted octanol–water partition coefficient (Wildman–Crippen LogP) is 2.45. The highest BCUT2D eigenvalue weighted by Gasteiger charge is 2.42. The van der Waals surface area contributed by atoms with E-state index in [1.165, 1.54) is 14.2 Å². The predicted molar refractivity (Wildman–Crippen MR) is 79.1 cm³/mol. The number of rotatable bonds is 7. The first-order valence-electron chi connectivity index (χ1n) is 6.48. The maximum atomic E-state index is 12.2. The summed E-state index contributed by atoms with van der Waals surface area (Å²) in [6.45, 7) is 6.12. The van der Waals surface area contributed by atoms with Crippen molar-refractivity contribution in [1.29, 1.82) is 0 Å². The van der Waals surface area contributed by atoms with Crippen LogP contribution in [0.3, 0.4) is 0 Å². The molecule has 1 fully saturated rings. The maximum absolute atomic E-state index is 12.2. The lowest BCUT2D eigenvalue weighted by Crippen LogP contribution is -2.48. The molecule has 0 aromatic carbocycles. The van der Waals surface area contributed by atoms with E-state index in [4.69, 9.17) is 14.0 Å². The smallest absolute Gasteiger partial charge is 0.349 e. The molecule has 1 aliphatic rings. The molecule has 0 aromatic rings. The van der Waals surface area contributed by atoms with Gasteiger partial charge in [-0.25, -0.2) is 4.57 Å². The zero-order valence-electron chi connectivity index (χ0n) is 13.0. The molecule has 1 rings (SSSR count). The standard InChI is InChI=1S/C12H23O7PS/c1-11(2)17-8-12(3,9-18-11)10(13)21-7-6-19-20(14,15-4)16-5/h6-9H2,1-5H3. The van der Waals surface area contributed by atoms with Crippen molar-refractivity contribution in [1.82, 2.24) is 0 Å². The SMILES string of the molecule is COP(=O)(OC)OCCSC(=O)C1(C)COC(C)(C)OC1. The monoisotopic (exact) mass is 342 g/mol. The average molecular weight is 342 g/mol. The van der Waals surface area contributed by atoms with Crippen LogP contribution in [0.25, 0.3) is 0 Å². The molecule has 0 N–H and O–H groups in total. The van der Waals surface area contributed by atoms with Crippen molar-refractivity contribution >= 4 is 24.7 Å². The largest absolute Gasteiger partial charge is 0.474 e. The number of hydrogen-bond acceptors (Lipinski definition) is 8. The molecular formula is C12H23O7PS. The lowest BCUT2D eigenvalue weighted by Gasteiger charge is -2.40. The molecule has 0 bridgehead atoms. The van der Waals surface area contributed by atoms with Crippen LogP contribution in [0, 0.1) is 5.41 Å². The van der Waals surface area contributed by atoms with Gasteiger partial charge >= 0.3 is 7.82 Å². The van der Waals surface area contributed by atoms with Gasteiger partial charge in [-0.1, -0.05) is 11.8 Å². The summed E-state index contributed by atoms with van der Waals surface area (Å²) in [5.41, 5.74) is -0.688. The third-order valence-electron chi connectivity index (χ3n) is 2.98. The molecule has 0 aromatic heterocycles. The first-order chi connectivity index (χ1) is 9.66. The van der Waals surface area contributed by atoms with Gasteiger partial charge in [0.15, 0.2) is 10.9 Å². The molecule has 0 spiro atoms. The van der Waals surface area contributed by atoms with E-state index in [9.17, 15) is 9.36 Å². The second kappa shape index (κ2) is 7.55. The number of hydrogen-bond donors (Lipinski definition) is 0. The molecule has 21 heavy (non-hydrogen) atoms. The van der Waals surface area contributed by atoms with Crippen molar-refractivity contribution in [3.63, 3.8) is 0 Å². The Balaban J connectivity index is 2.36. The molecule has 9 heteroatoms. The highest BCUT2D eigenvalue weighted by Crippen LogP contribution is 2.47. The van der Waals surface area contributed by atoms with Crippen LogP contribution in [0.15, 0.2) is 0 Å². The molecule has 0 atom stereocenters. The number of phosphoric acid groups is 1. The number of ether oxygens (including phenoxy) is 2. The van der Waals surface area contributed by atoms with Crippen LogP contribution in [0.4, 0.5) is 0 Å². The summed E-state index contributed by atoms with van der Waals surface area (Å²) < 4.78 is 36.9. The van der Waals surface area contributed by atoms with Crippen molar-refractivity contribution in [3.05, 3.63) is 0 Å². The number of phosphoric ester groups is 1. The van der Waals surface area contributed by atoms with Gasteiger partial charge in [0.2, 0.25) is 0 Å². The van der Waals surface area contributed by atoms with Gasteiger partial charge in [-0.3, -0.25) is 18.4 Å². The van der Waals surface area contributed by atoms with Crippen molar-refractivity contribution in [2.75, 3.05) is 39.8 Å². The van der Waals surface area contributed by atoms with E-state index < -0.39 is 19.0 Å². The Morgan fingerprint density at radius 3 is 2.19 bits per heavy atom. The van der Waals surface area contributed by atoms with Crippen molar-refractivity contribution in [2.24, 2.45) is 5.41 Å². The second-order valence-corrected chi connectivity index (χ2v) is 8.27. The topological polar surface area (TPSA) is 80.3 Å². The van der Waals surface area contributed by atoms with E-state index >= 15 is 0 Å². The quantitative estimate of drug-likeness (QED) is 0.515. The Labute approximate surface area is 129 Å². The first kappa shape index (κ1) is 19.1. The van der Waals surface area contributed by atoms with Crippen LogP contribution in [0.2, 0.25) is 0 Å². The van der Waals surface area contributed by atoms with E-state index in [1.807, 2.05) is 13.8 Å². The Morgan fingerprint density at radius 1 is 1.19 bits per heavy atom. The van der Waals surface area contributed by atoms with Crippen LogP contribution >= 0.6 is 19.6 Å². The van der Waals surface area contributed by atoms with Gasteiger partial charge < -0.3 is 9.47 Å². The molecule has 0 radical (unpaired) electrons. The van der Waals surface area contributed by atoms with Gasteiger partial charge in [0, 0.05) is 20.0 Å². The summed E-state index contributed by atoms with van der Waals surface area (Å²) in [5.74, 6) is -0.314. The minimum absolute atomic E-state index is 0.0498. The fraction of sp³-hybridized carbons (Fsp3) is 0.917.